The first-order valence-electron chi connectivity index (χ1n) is 4.13. The predicted octanol–water partition coefficient (Wildman–Crippen LogP) is 0.886. The van der Waals surface area contributed by atoms with E-state index in [0.29, 0.717) is 12.8 Å². The molecule has 3 heteroatoms. The van der Waals surface area contributed by atoms with Crippen molar-refractivity contribution in [3.05, 3.63) is 29.8 Å². The van der Waals surface area contributed by atoms with E-state index in [9.17, 15) is 4.79 Å². The molecule has 3 nitrogen and oxygen atoms in total. The lowest BCUT2D eigenvalue weighted by molar-refractivity contribution is -0.121. The van der Waals surface area contributed by atoms with Crippen molar-refractivity contribution in [3.8, 4) is 5.75 Å². The summed E-state index contributed by atoms with van der Waals surface area (Å²) in [4.78, 5) is 10.8. The van der Waals surface area contributed by atoms with Crippen molar-refractivity contribution in [1.29, 1.82) is 0 Å². The van der Waals surface area contributed by atoms with Crippen LogP contribution in [0.2, 0.25) is 0 Å². The molecule has 0 aliphatic carbocycles. The molecule has 0 spiro atoms. The number of rotatable bonds is 4. The molecule has 0 saturated carbocycles. The third kappa shape index (κ3) is 3.25. The summed E-state index contributed by atoms with van der Waals surface area (Å²) in [5.74, 6) is 0.0253. The number of Topliss-reactive ketones (excluding diaryl/α,β-unsaturated/α-hetero) is 1. The molecule has 0 heterocycles. The number of ketones is 1. The molecule has 0 amide bonds. The van der Waals surface area contributed by atoms with Crippen LogP contribution < -0.4 is 0 Å². The summed E-state index contributed by atoms with van der Waals surface area (Å²) in [6.07, 6.45) is 0.883. The SMILES string of the molecule is O=C(CO)CCc1cccc(O)c1. The second-order valence-electron chi connectivity index (χ2n) is 2.87. The standard InChI is InChI=1S/C10H12O3/c11-7-10(13)5-4-8-2-1-3-9(12)6-8/h1-3,6,11-12H,4-5,7H2. The number of phenols is 1. The molecule has 0 bridgehead atoms. The van der Waals surface area contributed by atoms with E-state index in [2.05, 4.69) is 0 Å². The first kappa shape index (κ1) is 9.74. The van der Waals surface area contributed by atoms with Crippen LogP contribution >= 0.6 is 0 Å². The normalized spacial score (nSPS) is 9.92. The second kappa shape index (κ2) is 4.62. The predicted molar refractivity (Wildman–Crippen MR) is 48.5 cm³/mol. The summed E-state index contributed by atoms with van der Waals surface area (Å²) in [6.45, 7) is -0.404. The van der Waals surface area contributed by atoms with Gasteiger partial charge in [0.15, 0.2) is 5.78 Å². The highest BCUT2D eigenvalue weighted by atomic mass is 16.3. The highest BCUT2D eigenvalue weighted by molar-refractivity contribution is 5.79. The molecule has 0 atom stereocenters. The number of aromatic hydroxyl groups is 1. The van der Waals surface area contributed by atoms with Crippen LogP contribution in [0.15, 0.2) is 24.3 Å². The average Bonchev–Trinajstić information content (AvgIpc) is 2.14. The van der Waals surface area contributed by atoms with Gasteiger partial charge in [-0.1, -0.05) is 12.1 Å². The summed E-state index contributed by atoms with van der Waals surface area (Å²) in [5.41, 5.74) is 0.904. The van der Waals surface area contributed by atoms with Crippen molar-refractivity contribution in [2.24, 2.45) is 0 Å². The van der Waals surface area contributed by atoms with Crippen LogP contribution in [-0.2, 0) is 11.2 Å². The lowest BCUT2D eigenvalue weighted by Gasteiger charge is -1.99. The van der Waals surface area contributed by atoms with Crippen LogP contribution in [0.1, 0.15) is 12.0 Å². The maximum Gasteiger partial charge on any atom is 0.158 e. The Morgan fingerprint density at radius 2 is 2.15 bits per heavy atom. The number of aliphatic hydroxyl groups is 1. The zero-order valence-corrected chi connectivity index (χ0v) is 7.23. The van der Waals surface area contributed by atoms with E-state index in [1.807, 2.05) is 6.07 Å². The fourth-order valence-corrected chi connectivity index (χ4v) is 1.07. The third-order valence-electron chi connectivity index (χ3n) is 1.78. The molecule has 13 heavy (non-hydrogen) atoms. The van der Waals surface area contributed by atoms with Gasteiger partial charge in [-0.3, -0.25) is 4.79 Å². The van der Waals surface area contributed by atoms with E-state index in [-0.39, 0.29) is 11.5 Å². The average molecular weight is 180 g/mol. The Morgan fingerprint density at radius 1 is 1.38 bits per heavy atom. The summed E-state index contributed by atoms with van der Waals surface area (Å²) in [7, 11) is 0. The van der Waals surface area contributed by atoms with Crippen molar-refractivity contribution < 1.29 is 15.0 Å². The summed E-state index contributed by atoms with van der Waals surface area (Å²) >= 11 is 0. The van der Waals surface area contributed by atoms with Gasteiger partial charge in [-0.25, -0.2) is 0 Å². The molecular formula is C10H12O3. The molecule has 0 saturated heterocycles. The van der Waals surface area contributed by atoms with Crippen molar-refractivity contribution in [1.82, 2.24) is 0 Å². The molecular weight excluding hydrogens is 168 g/mol. The Kier molecular flexibility index (Phi) is 3.46. The van der Waals surface area contributed by atoms with Crippen LogP contribution in [0.4, 0.5) is 0 Å². The molecule has 0 aromatic heterocycles. The van der Waals surface area contributed by atoms with E-state index >= 15 is 0 Å². The lowest BCUT2D eigenvalue weighted by atomic mass is 10.1. The largest absolute Gasteiger partial charge is 0.508 e. The number of phenolic OH excluding ortho intramolecular Hbond substituents is 1. The second-order valence-corrected chi connectivity index (χ2v) is 2.87. The van der Waals surface area contributed by atoms with E-state index < -0.39 is 6.61 Å². The third-order valence-corrected chi connectivity index (χ3v) is 1.78. The first-order valence-corrected chi connectivity index (χ1v) is 4.13. The van der Waals surface area contributed by atoms with Gasteiger partial charge >= 0.3 is 0 Å². The van der Waals surface area contributed by atoms with E-state index in [1.165, 1.54) is 0 Å². The van der Waals surface area contributed by atoms with Gasteiger partial charge in [-0.15, -0.1) is 0 Å². The summed E-state index contributed by atoms with van der Waals surface area (Å²) < 4.78 is 0. The monoisotopic (exact) mass is 180 g/mol. The molecule has 0 unspecified atom stereocenters. The van der Waals surface area contributed by atoms with Crippen LogP contribution in [0.3, 0.4) is 0 Å². The molecule has 0 radical (unpaired) electrons. The number of carbonyl (C=O) groups is 1. The van der Waals surface area contributed by atoms with Crippen molar-refractivity contribution >= 4 is 5.78 Å². The van der Waals surface area contributed by atoms with Gasteiger partial charge in [-0.2, -0.15) is 0 Å². The number of aliphatic hydroxyl groups excluding tert-OH is 1. The fraction of sp³-hybridized carbons (Fsp3) is 0.300. The smallest absolute Gasteiger partial charge is 0.158 e. The molecule has 0 aliphatic heterocycles. The number of carbonyl (C=O) groups excluding carboxylic acids is 1. The fourth-order valence-electron chi connectivity index (χ4n) is 1.07. The molecule has 1 rings (SSSR count). The van der Waals surface area contributed by atoms with Crippen molar-refractivity contribution in [2.75, 3.05) is 6.61 Å². The Morgan fingerprint density at radius 3 is 2.77 bits per heavy atom. The van der Waals surface area contributed by atoms with Crippen LogP contribution in [0.25, 0.3) is 0 Å². The molecule has 1 aromatic rings. The van der Waals surface area contributed by atoms with E-state index in [0.717, 1.165) is 5.56 Å². The molecule has 0 fully saturated rings. The van der Waals surface area contributed by atoms with Crippen LogP contribution in [-0.4, -0.2) is 22.6 Å². The van der Waals surface area contributed by atoms with Crippen molar-refractivity contribution in [3.63, 3.8) is 0 Å². The van der Waals surface area contributed by atoms with E-state index in [4.69, 9.17) is 10.2 Å². The Labute approximate surface area is 76.6 Å². The number of hydrogen-bond donors (Lipinski definition) is 2. The number of hydrogen-bond acceptors (Lipinski definition) is 3. The summed E-state index contributed by atoms with van der Waals surface area (Å²) in [5, 5.41) is 17.6. The van der Waals surface area contributed by atoms with Gasteiger partial charge in [0.25, 0.3) is 0 Å². The Hall–Kier alpha value is -1.35. The van der Waals surface area contributed by atoms with Gasteiger partial charge in [0, 0.05) is 6.42 Å². The number of aryl methyl sites for hydroxylation is 1. The quantitative estimate of drug-likeness (QED) is 0.723. The molecule has 70 valence electrons. The zero-order valence-electron chi connectivity index (χ0n) is 7.23. The van der Waals surface area contributed by atoms with Crippen molar-refractivity contribution in [2.45, 2.75) is 12.8 Å². The van der Waals surface area contributed by atoms with Gasteiger partial charge in [0.05, 0.1) is 0 Å². The van der Waals surface area contributed by atoms with E-state index in [1.54, 1.807) is 18.2 Å². The minimum Gasteiger partial charge on any atom is -0.508 e. The Bertz CT molecular complexity index is 294. The molecule has 1 aromatic carbocycles. The maximum absolute atomic E-state index is 10.8. The highest BCUT2D eigenvalue weighted by Crippen LogP contribution is 2.12. The van der Waals surface area contributed by atoms with Gasteiger partial charge in [-0.05, 0) is 24.1 Å². The van der Waals surface area contributed by atoms with Gasteiger partial charge in [0.2, 0.25) is 0 Å². The van der Waals surface area contributed by atoms with Gasteiger partial charge in [0.1, 0.15) is 12.4 Å². The number of benzene rings is 1. The molecule has 0 aliphatic rings. The zero-order chi connectivity index (χ0) is 9.68. The summed E-state index contributed by atoms with van der Waals surface area (Å²) in [6, 6.07) is 6.76. The first-order chi connectivity index (χ1) is 6.22. The molecule has 2 N–H and O–H groups in total. The van der Waals surface area contributed by atoms with Crippen LogP contribution in [0.5, 0.6) is 5.75 Å². The minimum absolute atomic E-state index is 0.177. The lowest BCUT2D eigenvalue weighted by Crippen LogP contribution is -2.04. The maximum atomic E-state index is 10.8. The Balaban J connectivity index is 2.50. The highest BCUT2D eigenvalue weighted by Gasteiger charge is 2.00. The van der Waals surface area contributed by atoms with Crippen LogP contribution in [0, 0.1) is 0 Å². The topological polar surface area (TPSA) is 57.5 Å². The minimum atomic E-state index is -0.404. The van der Waals surface area contributed by atoms with Gasteiger partial charge < -0.3 is 10.2 Å².